The Kier molecular flexibility index (Phi) is 5.42. The van der Waals surface area contributed by atoms with Gasteiger partial charge in [-0.1, -0.05) is 13.8 Å². The first-order valence-corrected chi connectivity index (χ1v) is 8.32. The summed E-state index contributed by atoms with van der Waals surface area (Å²) in [5, 5.41) is 13.7. The molecule has 0 aromatic carbocycles. The van der Waals surface area contributed by atoms with Crippen LogP contribution in [0.15, 0.2) is 0 Å². The van der Waals surface area contributed by atoms with Crippen LogP contribution >= 0.6 is 12.2 Å². The third kappa shape index (κ3) is 2.64. The van der Waals surface area contributed by atoms with E-state index in [1.165, 1.54) is 0 Å². The second kappa shape index (κ2) is 6.78. The van der Waals surface area contributed by atoms with E-state index in [1.807, 2.05) is 14.2 Å². The van der Waals surface area contributed by atoms with E-state index in [0.717, 1.165) is 19.3 Å². The quantitative estimate of drug-likeness (QED) is 0.775. The van der Waals surface area contributed by atoms with Gasteiger partial charge in [-0.15, -0.1) is 0 Å². The van der Waals surface area contributed by atoms with Crippen LogP contribution in [-0.4, -0.2) is 50.7 Å². The summed E-state index contributed by atoms with van der Waals surface area (Å²) >= 11 is 5.40. The van der Waals surface area contributed by atoms with Crippen molar-refractivity contribution in [3.05, 3.63) is 10.6 Å². The van der Waals surface area contributed by atoms with Crippen LogP contribution in [0.3, 0.4) is 0 Å². The Bertz CT molecular complexity index is 564. The maximum atomic E-state index is 9.31. The Morgan fingerprint density at radius 1 is 1.45 bits per heavy atom. The summed E-state index contributed by atoms with van der Waals surface area (Å²) in [6.07, 6.45) is 3.58. The minimum Gasteiger partial charge on any atom is -0.388 e. The van der Waals surface area contributed by atoms with Gasteiger partial charge in [0.2, 0.25) is 0 Å². The van der Waals surface area contributed by atoms with Crippen molar-refractivity contribution in [3.8, 4) is 0 Å². The predicted octanol–water partition coefficient (Wildman–Crippen LogP) is 1.93. The molecule has 22 heavy (non-hydrogen) atoms. The number of aliphatic hydroxyl groups excluding tert-OH is 1. The van der Waals surface area contributed by atoms with E-state index in [2.05, 4.69) is 30.9 Å². The molecule has 0 radical (unpaired) electrons. The summed E-state index contributed by atoms with van der Waals surface area (Å²) in [6.45, 7) is 5.02. The topological polar surface area (TPSA) is 55.4 Å². The monoisotopic (exact) mass is 328 g/mol. The molecule has 1 N–H and O–H groups in total. The third-order valence-electron chi connectivity index (χ3n) is 5.50. The molecule has 0 saturated heterocycles. The van der Waals surface area contributed by atoms with Crippen molar-refractivity contribution >= 4 is 12.2 Å². The number of aliphatic hydroxyl groups is 1. The molecule has 0 spiro atoms. The number of hydrogen-bond acceptors (Lipinski definition) is 5. The van der Waals surface area contributed by atoms with Crippen molar-refractivity contribution in [2.75, 3.05) is 14.2 Å². The van der Waals surface area contributed by atoms with E-state index >= 15 is 0 Å². The zero-order valence-corrected chi connectivity index (χ0v) is 15.1. The Morgan fingerprint density at radius 2 is 2.09 bits per heavy atom. The molecule has 7 heteroatoms. The second-order valence-electron chi connectivity index (χ2n) is 6.23. The van der Waals surface area contributed by atoms with Crippen LogP contribution in [0.2, 0.25) is 0 Å². The molecule has 1 aliphatic carbocycles. The molecular formula is C15H28N4O2S. The minimum absolute atomic E-state index is 0.0973. The van der Waals surface area contributed by atoms with Crippen LogP contribution < -0.4 is 0 Å². The van der Waals surface area contributed by atoms with Crippen LogP contribution in [0, 0.1) is 10.2 Å². The van der Waals surface area contributed by atoms with Gasteiger partial charge in [0.05, 0.1) is 12.8 Å². The van der Waals surface area contributed by atoms with Crippen LogP contribution in [0.5, 0.6) is 0 Å². The van der Waals surface area contributed by atoms with Crippen LogP contribution in [0.25, 0.3) is 0 Å². The molecule has 0 amide bonds. The van der Waals surface area contributed by atoms with Gasteiger partial charge in [0, 0.05) is 25.6 Å². The highest BCUT2D eigenvalue weighted by atomic mass is 32.1. The van der Waals surface area contributed by atoms with E-state index in [-0.39, 0.29) is 12.0 Å². The van der Waals surface area contributed by atoms with Crippen LogP contribution in [-0.2, 0) is 25.1 Å². The number of aromatic nitrogens is 3. The molecule has 2 unspecified atom stereocenters. The fourth-order valence-corrected chi connectivity index (χ4v) is 4.13. The van der Waals surface area contributed by atoms with Crippen LogP contribution in [0.4, 0.5) is 0 Å². The van der Waals surface area contributed by atoms with Crippen molar-refractivity contribution < 1.29 is 9.84 Å². The lowest BCUT2D eigenvalue weighted by molar-refractivity contribution is -0.162. The number of rotatable bonds is 7. The number of ether oxygens (including phenoxy) is 1. The van der Waals surface area contributed by atoms with Gasteiger partial charge in [-0.05, 0) is 38.5 Å². The third-order valence-corrected chi connectivity index (χ3v) is 5.99. The van der Waals surface area contributed by atoms with Crippen LogP contribution in [0.1, 0.15) is 38.9 Å². The first-order valence-electron chi connectivity index (χ1n) is 7.91. The van der Waals surface area contributed by atoms with Crippen molar-refractivity contribution in [1.29, 1.82) is 0 Å². The van der Waals surface area contributed by atoms with E-state index in [0.29, 0.717) is 29.4 Å². The average Bonchev–Trinajstić information content (AvgIpc) is 2.76. The van der Waals surface area contributed by atoms with Crippen molar-refractivity contribution in [2.24, 2.45) is 12.5 Å². The van der Waals surface area contributed by atoms with Gasteiger partial charge in [0.1, 0.15) is 6.61 Å². The van der Waals surface area contributed by atoms with Gasteiger partial charge in [0.15, 0.2) is 10.6 Å². The first kappa shape index (κ1) is 17.6. The number of hydrogen-bond donors (Lipinski definition) is 1. The standard InChI is InChI=1S/C15H28N4O2S/c1-6-15(7-2)11(8-12(15)21-5)17(3)10-19-14(22)18(4)13(9-20)16-19/h11-12,20H,6-10H2,1-5H3. The van der Waals surface area contributed by atoms with Gasteiger partial charge in [-0.3, -0.25) is 4.90 Å². The zero-order chi connectivity index (χ0) is 16.5. The fraction of sp³-hybridized carbons (Fsp3) is 0.867. The second-order valence-corrected chi connectivity index (χ2v) is 6.60. The molecule has 1 aromatic rings. The molecule has 1 saturated carbocycles. The van der Waals surface area contributed by atoms with Gasteiger partial charge in [0.25, 0.3) is 0 Å². The summed E-state index contributed by atoms with van der Waals surface area (Å²) < 4.78 is 9.86. The summed E-state index contributed by atoms with van der Waals surface area (Å²) in [5.41, 5.74) is 0.209. The predicted molar refractivity (Wildman–Crippen MR) is 87.9 cm³/mol. The summed E-state index contributed by atoms with van der Waals surface area (Å²) in [4.78, 5) is 2.31. The normalized spacial score (nSPS) is 23.8. The van der Waals surface area contributed by atoms with Gasteiger partial charge in [-0.25, -0.2) is 4.68 Å². The Hall–Kier alpha value is -0.760. The molecule has 1 fully saturated rings. The summed E-state index contributed by atoms with van der Waals surface area (Å²) in [7, 11) is 5.76. The van der Waals surface area contributed by atoms with Crippen molar-refractivity contribution in [2.45, 2.75) is 58.5 Å². The van der Waals surface area contributed by atoms with Gasteiger partial charge >= 0.3 is 0 Å². The Balaban J connectivity index is 2.16. The van der Waals surface area contributed by atoms with Crippen molar-refractivity contribution in [3.63, 3.8) is 0 Å². The zero-order valence-electron chi connectivity index (χ0n) is 14.2. The maximum absolute atomic E-state index is 9.31. The van der Waals surface area contributed by atoms with Gasteiger partial charge in [-0.2, -0.15) is 5.10 Å². The molecule has 126 valence electrons. The SMILES string of the molecule is CCC1(CC)C(OC)CC1N(C)Cn1nc(CO)n(C)c1=S. The smallest absolute Gasteiger partial charge is 0.198 e. The highest BCUT2D eigenvalue weighted by Gasteiger charge is 2.54. The fourth-order valence-electron chi connectivity index (χ4n) is 3.93. The molecule has 2 atom stereocenters. The largest absolute Gasteiger partial charge is 0.388 e. The molecule has 1 aliphatic rings. The lowest BCUT2D eigenvalue weighted by Gasteiger charge is -2.58. The van der Waals surface area contributed by atoms with Crippen molar-refractivity contribution in [1.82, 2.24) is 19.2 Å². The number of methoxy groups -OCH3 is 1. The molecular weight excluding hydrogens is 300 g/mol. The van der Waals surface area contributed by atoms with E-state index in [4.69, 9.17) is 17.0 Å². The van der Waals surface area contributed by atoms with E-state index in [1.54, 1.807) is 9.25 Å². The maximum Gasteiger partial charge on any atom is 0.198 e. The van der Waals surface area contributed by atoms with E-state index < -0.39 is 0 Å². The molecule has 1 aromatic heterocycles. The lowest BCUT2D eigenvalue weighted by atomic mass is 9.58. The highest BCUT2D eigenvalue weighted by Crippen LogP contribution is 2.50. The van der Waals surface area contributed by atoms with E-state index in [9.17, 15) is 5.11 Å². The number of nitrogens with zero attached hydrogens (tertiary/aromatic N) is 4. The Labute approximate surface area is 137 Å². The molecule has 1 heterocycles. The van der Waals surface area contributed by atoms with Gasteiger partial charge < -0.3 is 14.4 Å². The first-order chi connectivity index (χ1) is 10.4. The average molecular weight is 328 g/mol. The lowest BCUT2D eigenvalue weighted by Crippen LogP contribution is -2.63. The summed E-state index contributed by atoms with van der Waals surface area (Å²) in [6, 6.07) is 0.467. The molecule has 0 aliphatic heterocycles. The molecule has 2 rings (SSSR count). The molecule has 0 bridgehead atoms. The Morgan fingerprint density at radius 3 is 2.55 bits per heavy atom. The molecule has 6 nitrogen and oxygen atoms in total. The summed E-state index contributed by atoms with van der Waals surface area (Å²) in [5.74, 6) is 0.596. The highest BCUT2D eigenvalue weighted by molar-refractivity contribution is 7.71. The minimum atomic E-state index is -0.0973.